The highest BCUT2D eigenvalue weighted by atomic mass is 35.5. The van der Waals surface area contributed by atoms with E-state index in [2.05, 4.69) is 5.32 Å². The van der Waals surface area contributed by atoms with Gasteiger partial charge in [0, 0.05) is 23.6 Å². The molecule has 0 aromatic heterocycles. The normalized spacial score (nSPS) is 12.2. The van der Waals surface area contributed by atoms with Crippen LogP contribution in [0.4, 0.5) is 5.69 Å². The third-order valence-corrected chi connectivity index (χ3v) is 6.08. The van der Waals surface area contributed by atoms with Crippen molar-refractivity contribution in [1.29, 1.82) is 0 Å². The molecular formula is C20H23Cl2N3O4S. The van der Waals surface area contributed by atoms with Crippen molar-refractivity contribution in [2.45, 2.75) is 19.5 Å². The molecule has 0 unspecified atom stereocenters. The molecule has 0 bridgehead atoms. The molecule has 2 aromatic carbocycles. The van der Waals surface area contributed by atoms with Crippen molar-refractivity contribution in [3.8, 4) is 0 Å². The summed E-state index contributed by atoms with van der Waals surface area (Å²) in [5.74, 6) is -0.905. The van der Waals surface area contributed by atoms with Gasteiger partial charge in [-0.3, -0.25) is 13.9 Å². The van der Waals surface area contributed by atoms with Gasteiger partial charge in [-0.05, 0) is 42.8 Å². The van der Waals surface area contributed by atoms with Crippen LogP contribution in [0.2, 0.25) is 10.0 Å². The lowest BCUT2D eigenvalue weighted by molar-refractivity contribution is -0.139. The lowest BCUT2D eigenvalue weighted by Gasteiger charge is -2.31. The number of amides is 2. The van der Waals surface area contributed by atoms with Gasteiger partial charge in [-0.15, -0.1) is 0 Å². The number of nitrogens with zero attached hydrogens (tertiary/aromatic N) is 2. The van der Waals surface area contributed by atoms with Gasteiger partial charge in [-0.25, -0.2) is 8.42 Å². The molecule has 2 aromatic rings. The van der Waals surface area contributed by atoms with E-state index in [1.807, 2.05) is 0 Å². The van der Waals surface area contributed by atoms with Crippen molar-refractivity contribution in [1.82, 2.24) is 10.2 Å². The summed E-state index contributed by atoms with van der Waals surface area (Å²) in [6, 6.07) is 12.2. The van der Waals surface area contributed by atoms with Crippen LogP contribution in [0.1, 0.15) is 12.5 Å². The van der Waals surface area contributed by atoms with Crippen molar-refractivity contribution < 1.29 is 18.0 Å². The quantitative estimate of drug-likeness (QED) is 0.640. The summed E-state index contributed by atoms with van der Waals surface area (Å²) in [4.78, 5) is 26.7. The minimum Gasteiger partial charge on any atom is -0.357 e. The average molecular weight is 472 g/mol. The van der Waals surface area contributed by atoms with Gasteiger partial charge < -0.3 is 10.2 Å². The molecule has 0 spiro atoms. The molecule has 30 heavy (non-hydrogen) atoms. The molecule has 0 heterocycles. The van der Waals surface area contributed by atoms with Gasteiger partial charge in [-0.1, -0.05) is 41.4 Å². The van der Waals surface area contributed by atoms with Gasteiger partial charge in [-0.2, -0.15) is 0 Å². The Balaban J connectivity index is 2.36. The van der Waals surface area contributed by atoms with E-state index in [1.165, 1.54) is 18.0 Å². The maximum absolute atomic E-state index is 13.2. The molecular weight excluding hydrogens is 449 g/mol. The molecule has 0 aliphatic heterocycles. The SMILES string of the molecule is CNC(=O)[C@@H](C)N(Cc1ccc(Cl)cc1)C(=O)CN(c1cccc(Cl)c1)S(C)(=O)=O. The largest absolute Gasteiger partial charge is 0.357 e. The molecule has 2 rings (SSSR count). The lowest BCUT2D eigenvalue weighted by Crippen LogP contribution is -2.50. The van der Waals surface area contributed by atoms with E-state index in [-0.39, 0.29) is 18.1 Å². The third kappa shape index (κ3) is 6.35. The van der Waals surface area contributed by atoms with E-state index in [9.17, 15) is 18.0 Å². The third-order valence-electron chi connectivity index (χ3n) is 4.46. The Morgan fingerprint density at radius 1 is 1.07 bits per heavy atom. The number of halogens is 2. The zero-order chi connectivity index (χ0) is 22.5. The second-order valence-corrected chi connectivity index (χ2v) is 9.47. The lowest BCUT2D eigenvalue weighted by atomic mass is 10.1. The van der Waals surface area contributed by atoms with Crippen molar-refractivity contribution in [3.63, 3.8) is 0 Å². The van der Waals surface area contributed by atoms with Crippen LogP contribution in [-0.4, -0.2) is 51.0 Å². The first kappa shape index (κ1) is 24.0. The summed E-state index contributed by atoms with van der Waals surface area (Å²) >= 11 is 11.9. The number of rotatable bonds is 8. The van der Waals surface area contributed by atoms with Crippen LogP contribution < -0.4 is 9.62 Å². The number of benzene rings is 2. The van der Waals surface area contributed by atoms with Crippen LogP contribution in [0.3, 0.4) is 0 Å². The summed E-state index contributed by atoms with van der Waals surface area (Å²) in [6.07, 6.45) is 1.01. The molecule has 2 amide bonds. The van der Waals surface area contributed by atoms with Crippen LogP contribution in [0.25, 0.3) is 0 Å². The molecule has 0 saturated heterocycles. The molecule has 0 saturated carbocycles. The number of nitrogens with one attached hydrogen (secondary N) is 1. The molecule has 0 aliphatic carbocycles. The van der Waals surface area contributed by atoms with Crippen molar-refractivity contribution in [3.05, 3.63) is 64.1 Å². The summed E-state index contributed by atoms with van der Waals surface area (Å²) in [5.41, 5.74) is 1.01. The summed E-state index contributed by atoms with van der Waals surface area (Å²) < 4.78 is 25.7. The van der Waals surface area contributed by atoms with Gasteiger partial charge in [0.15, 0.2) is 0 Å². The fourth-order valence-electron chi connectivity index (χ4n) is 2.82. The Morgan fingerprint density at radius 3 is 2.23 bits per heavy atom. The van der Waals surface area contributed by atoms with E-state index in [0.717, 1.165) is 16.1 Å². The average Bonchev–Trinajstić information content (AvgIpc) is 2.69. The maximum Gasteiger partial charge on any atom is 0.244 e. The van der Waals surface area contributed by atoms with Crippen LogP contribution in [0, 0.1) is 0 Å². The Hall–Kier alpha value is -2.29. The summed E-state index contributed by atoms with van der Waals surface area (Å²) in [6.45, 7) is 1.21. The number of sulfonamides is 1. The number of hydrogen-bond donors (Lipinski definition) is 1. The zero-order valence-corrected chi connectivity index (χ0v) is 19.1. The minimum absolute atomic E-state index is 0.109. The van der Waals surface area contributed by atoms with Crippen LogP contribution in [0.5, 0.6) is 0 Å². The van der Waals surface area contributed by atoms with Crippen LogP contribution in [-0.2, 0) is 26.2 Å². The maximum atomic E-state index is 13.2. The Labute approximate surface area is 186 Å². The molecule has 0 aliphatic rings. The summed E-state index contributed by atoms with van der Waals surface area (Å²) in [5, 5.41) is 3.39. The van der Waals surface area contributed by atoms with Crippen molar-refractivity contribution in [2.75, 3.05) is 24.2 Å². The van der Waals surface area contributed by atoms with E-state index in [1.54, 1.807) is 49.4 Å². The summed E-state index contributed by atoms with van der Waals surface area (Å²) in [7, 11) is -2.31. The predicted molar refractivity (Wildman–Crippen MR) is 119 cm³/mol. The van der Waals surface area contributed by atoms with Crippen molar-refractivity contribution >= 4 is 50.7 Å². The van der Waals surface area contributed by atoms with Crippen molar-refractivity contribution in [2.24, 2.45) is 0 Å². The fourth-order valence-corrected chi connectivity index (χ4v) is 3.97. The molecule has 0 radical (unpaired) electrons. The topological polar surface area (TPSA) is 86.8 Å². The molecule has 0 fully saturated rings. The van der Waals surface area contributed by atoms with Gasteiger partial charge in [0.2, 0.25) is 21.8 Å². The van der Waals surface area contributed by atoms with Gasteiger partial charge in [0.1, 0.15) is 12.6 Å². The Kier molecular flexibility index (Phi) is 8.11. The highest BCUT2D eigenvalue weighted by molar-refractivity contribution is 7.92. The second-order valence-electron chi connectivity index (χ2n) is 6.69. The molecule has 1 N–H and O–H groups in total. The van der Waals surface area contributed by atoms with E-state index >= 15 is 0 Å². The Bertz CT molecular complexity index is 1010. The van der Waals surface area contributed by atoms with E-state index < -0.39 is 28.5 Å². The number of carbonyl (C=O) groups is 2. The molecule has 1 atom stereocenters. The van der Waals surface area contributed by atoms with E-state index in [0.29, 0.717) is 10.0 Å². The first-order chi connectivity index (χ1) is 14.0. The number of hydrogen-bond acceptors (Lipinski definition) is 4. The van der Waals surface area contributed by atoms with Crippen LogP contribution in [0.15, 0.2) is 48.5 Å². The van der Waals surface area contributed by atoms with E-state index in [4.69, 9.17) is 23.2 Å². The number of anilines is 1. The molecule has 7 nitrogen and oxygen atoms in total. The minimum atomic E-state index is -3.78. The Morgan fingerprint density at radius 2 is 1.70 bits per heavy atom. The first-order valence-corrected chi connectivity index (χ1v) is 11.6. The molecule has 10 heteroatoms. The second kappa shape index (κ2) is 10.1. The monoisotopic (exact) mass is 471 g/mol. The first-order valence-electron chi connectivity index (χ1n) is 9.01. The fraction of sp³-hybridized carbons (Fsp3) is 0.300. The number of likely N-dealkylation sites (N-methyl/N-ethyl adjacent to an activating group) is 1. The zero-order valence-electron chi connectivity index (χ0n) is 16.8. The molecule has 162 valence electrons. The van der Waals surface area contributed by atoms with Gasteiger partial charge in [0.05, 0.1) is 11.9 Å². The number of carbonyl (C=O) groups excluding carboxylic acids is 2. The highest BCUT2D eigenvalue weighted by Gasteiger charge is 2.29. The van der Waals surface area contributed by atoms with Crippen LogP contribution >= 0.6 is 23.2 Å². The van der Waals surface area contributed by atoms with Gasteiger partial charge >= 0.3 is 0 Å². The highest BCUT2D eigenvalue weighted by Crippen LogP contribution is 2.22. The smallest absolute Gasteiger partial charge is 0.244 e. The standard InChI is InChI=1S/C20H23Cl2N3O4S/c1-14(20(27)23-2)24(12-15-7-9-16(21)10-8-15)19(26)13-25(30(3,28)29)18-6-4-5-17(22)11-18/h4-11,14H,12-13H2,1-3H3,(H,23,27)/t14-/m1/s1. The van der Waals surface area contributed by atoms with Gasteiger partial charge in [0.25, 0.3) is 0 Å². The predicted octanol–water partition coefficient (Wildman–Crippen LogP) is 2.92.